The molecule has 0 saturated heterocycles. The average Bonchev–Trinajstić information content (AvgIpc) is 1.84. The summed E-state index contributed by atoms with van der Waals surface area (Å²) >= 11 is 0. The third-order valence-electron chi connectivity index (χ3n) is 1.19. The minimum absolute atomic E-state index is 0.0245. The lowest BCUT2D eigenvalue weighted by Crippen LogP contribution is -2.38. The topological polar surface area (TPSA) is 123 Å². The van der Waals surface area contributed by atoms with Crippen molar-refractivity contribution in [3.05, 3.63) is 0 Å². The Bertz CT molecular complexity index is 248. The number of carbonyl (C=O) groups is 1. The first-order chi connectivity index (χ1) is 5.37. The Labute approximate surface area is 70.7 Å². The van der Waals surface area contributed by atoms with Crippen LogP contribution in [0.15, 0.2) is 0 Å². The van der Waals surface area contributed by atoms with Gasteiger partial charge in [0.05, 0.1) is 11.8 Å². The second-order valence-corrected chi connectivity index (χ2v) is 3.86. The predicted octanol–water partition coefficient (Wildman–Crippen LogP) is -1.88. The first-order valence-corrected chi connectivity index (χ1v) is 4.91. The SMILES string of the molecule is NCCC(=O)C(N)CS(=O)(=O)O. The molecule has 1 unspecified atom stereocenters. The number of rotatable bonds is 5. The van der Waals surface area contributed by atoms with Crippen LogP contribution in [-0.2, 0) is 14.9 Å². The van der Waals surface area contributed by atoms with Crippen molar-refractivity contribution in [2.24, 2.45) is 11.5 Å². The minimum atomic E-state index is -4.17. The maximum Gasteiger partial charge on any atom is 0.266 e. The van der Waals surface area contributed by atoms with Gasteiger partial charge >= 0.3 is 0 Å². The van der Waals surface area contributed by atoms with E-state index in [1.165, 1.54) is 0 Å². The third-order valence-corrected chi connectivity index (χ3v) is 1.97. The summed E-state index contributed by atoms with van der Waals surface area (Å²) in [4.78, 5) is 10.8. The Morgan fingerprint density at radius 1 is 1.50 bits per heavy atom. The van der Waals surface area contributed by atoms with Crippen LogP contribution < -0.4 is 11.5 Å². The Hall–Kier alpha value is -0.500. The zero-order valence-electron chi connectivity index (χ0n) is 6.43. The van der Waals surface area contributed by atoms with E-state index in [0.29, 0.717) is 0 Å². The Kier molecular flexibility index (Phi) is 4.32. The van der Waals surface area contributed by atoms with Crippen molar-refractivity contribution in [2.45, 2.75) is 12.5 Å². The molecule has 0 spiro atoms. The normalized spacial score (nSPS) is 14.2. The van der Waals surface area contributed by atoms with E-state index < -0.39 is 27.7 Å². The molecule has 0 aromatic rings. The molecule has 0 fully saturated rings. The molecule has 5 N–H and O–H groups in total. The number of ketones is 1. The lowest BCUT2D eigenvalue weighted by Gasteiger charge is -2.06. The molecule has 0 radical (unpaired) electrons. The van der Waals surface area contributed by atoms with E-state index in [9.17, 15) is 13.2 Å². The van der Waals surface area contributed by atoms with Crippen molar-refractivity contribution in [2.75, 3.05) is 12.3 Å². The van der Waals surface area contributed by atoms with Gasteiger partial charge in [0.15, 0.2) is 5.78 Å². The number of nitrogens with two attached hydrogens (primary N) is 2. The Balaban J connectivity index is 4.05. The van der Waals surface area contributed by atoms with Gasteiger partial charge in [-0.3, -0.25) is 9.35 Å². The van der Waals surface area contributed by atoms with Crippen molar-refractivity contribution >= 4 is 15.9 Å². The first-order valence-electron chi connectivity index (χ1n) is 3.30. The fourth-order valence-electron chi connectivity index (χ4n) is 0.648. The van der Waals surface area contributed by atoms with Crippen molar-refractivity contribution in [3.63, 3.8) is 0 Å². The van der Waals surface area contributed by atoms with E-state index in [1.54, 1.807) is 0 Å². The number of hydrogen-bond donors (Lipinski definition) is 3. The van der Waals surface area contributed by atoms with Crippen LogP contribution in [0.4, 0.5) is 0 Å². The maximum absolute atomic E-state index is 10.8. The van der Waals surface area contributed by atoms with E-state index in [4.69, 9.17) is 16.0 Å². The summed E-state index contributed by atoms with van der Waals surface area (Å²) in [6.45, 7) is 0.123. The summed E-state index contributed by atoms with van der Waals surface area (Å²) in [6, 6.07) is -1.18. The molecule has 0 aliphatic rings. The summed E-state index contributed by atoms with van der Waals surface area (Å²) in [5.41, 5.74) is 10.2. The molecule has 0 amide bonds. The predicted molar refractivity (Wildman–Crippen MR) is 43.1 cm³/mol. The molecule has 0 aliphatic heterocycles. The average molecular weight is 196 g/mol. The molecule has 12 heavy (non-hydrogen) atoms. The largest absolute Gasteiger partial charge is 0.330 e. The van der Waals surface area contributed by atoms with E-state index >= 15 is 0 Å². The van der Waals surface area contributed by atoms with E-state index in [2.05, 4.69) is 0 Å². The zero-order valence-corrected chi connectivity index (χ0v) is 7.25. The van der Waals surface area contributed by atoms with Gasteiger partial charge in [-0.25, -0.2) is 0 Å². The summed E-state index contributed by atoms with van der Waals surface area (Å²) in [6.07, 6.45) is 0.0245. The Morgan fingerprint density at radius 3 is 2.33 bits per heavy atom. The van der Waals surface area contributed by atoms with Gasteiger partial charge in [-0.05, 0) is 6.54 Å². The summed E-state index contributed by atoms with van der Waals surface area (Å²) < 4.78 is 28.8. The summed E-state index contributed by atoms with van der Waals surface area (Å²) in [7, 11) is -4.17. The lowest BCUT2D eigenvalue weighted by molar-refractivity contribution is -0.119. The standard InChI is InChI=1S/C5H12N2O4S/c6-2-1-5(8)4(7)3-12(9,10)11/h4H,1-3,6-7H2,(H,9,10,11). The summed E-state index contributed by atoms with van der Waals surface area (Å²) in [5, 5.41) is 0. The van der Waals surface area contributed by atoms with Gasteiger partial charge in [-0.2, -0.15) is 8.42 Å². The van der Waals surface area contributed by atoms with Gasteiger partial charge in [0, 0.05) is 6.42 Å². The van der Waals surface area contributed by atoms with Gasteiger partial charge in [0.25, 0.3) is 10.1 Å². The van der Waals surface area contributed by atoms with Crippen LogP contribution in [0.1, 0.15) is 6.42 Å². The molecule has 0 aromatic carbocycles. The highest BCUT2D eigenvalue weighted by molar-refractivity contribution is 7.85. The molecule has 0 aliphatic carbocycles. The van der Waals surface area contributed by atoms with Crippen molar-refractivity contribution in [1.29, 1.82) is 0 Å². The highest BCUT2D eigenvalue weighted by atomic mass is 32.2. The van der Waals surface area contributed by atoms with Gasteiger partial charge in [-0.15, -0.1) is 0 Å². The molecule has 1 atom stereocenters. The molecule has 72 valence electrons. The van der Waals surface area contributed by atoms with Gasteiger partial charge in [0.2, 0.25) is 0 Å². The van der Waals surface area contributed by atoms with Crippen LogP contribution in [0.25, 0.3) is 0 Å². The third kappa shape index (κ3) is 5.19. The zero-order chi connectivity index (χ0) is 9.78. The van der Waals surface area contributed by atoms with Crippen LogP contribution in [-0.4, -0.2) is 37.1 Å². The molecular weight excluding hydrogens is 184 g/mol. The van der Waals surface area contributed by atoms with E-state index in [-0.39, 0.29) is 13.0 Å². The summed E-state index contributed by atoms with van der Waals surface area (Å²) in [5.74, 6) is -1.21. The molecule has 0 bridgehead atoms. The van der Waals surface area contributed by atoms with Gasteiger partial charge in [0.1, 0.15) is 0 Å². The van der Waals surface area contributed by atoms with Crippen LogP contribution >= 0.6 is 0 Å². The number of hydrogen-bond acceptors (Lipinski definition) is 5. The van der Waals surface area contributed by atoms with Gasteiger partial charge in [-0.1, -0.05) is 0 Å². The molecule has 0 heterocycles. The molecule has 7 heteroatoms. The molecular formula is C5H12N2O4S. The van der Waals surface area contributed by atoms with Crippen molar-refractivity contribution in [1.82, 2.24) is 0 Å². The maximum atomic E-state index is 10.8. The van der Waals surface area contributed by atoms with Gasteiger partial charge < -0.3 is 11.5 Å². The van der Waals surface area contributed by atoms with Crippen LogP contribution in [0.2, 0.25) is 0 Å². The highest BCUT2D eigenvalue weighted by Gasteiger charge is 2.18. The Morgan fingerprint density at radius 2 is 2.00 bits per heavy atom. The van der Waals surface area contributed by atoms with Crippen molar-refractivity contribution < 1.29 is 17.8 Å². The second kappa shape index (κ2) is 4.51. The van der Waals surface area contributed by atoms with E-state index in [1.807, 2.05) is 0 Å². The van der Waals surface area contributed by atoms with E-state index in [0.717, 1.165) is 0 Å². The fraction of sp³-hybridized carbons (Fsp3) is 0.800. The molecule has 0 aromatic heterocycles. The highest BCUT2D eigenvalue weighted by Crippen LogP contribution is 1.92. The number of Topliss-reactive ketones (excluding diaryl/α,β-unsaturated/α-hetero) is 1. The molecule has 0 rings (SSSR count). The smallest absolute Gasteiger partial charge is 0.266 e. The monoisotopic (exact) mass is 196 g/mol. The molecule has 6 nitrogen and oxygen atoms in total. The molecule has 0 saturated carbocycles. The van der Waals surface area contributed by atoms with Crippen LogP contribution in [0.3, 0.4) is 0 Å². The number of carbonyl (C=O) groups excluding carboxylic acids is 1. The first kappa shape index (κ1) is 11.5. The lowest BCUT2D eigenvalue weighted by atomic mass is 10.2. The van der Waals surface area contributed by atoms with Crippen LogP contribution in [0, 0.1) is 0 Å². The second-order valence-electron chi connectivity index (χ2n) is 2.36. The minimum Gasteiger partial charge on any atom is -0.330 e. The fourth-order valence-corrected chi connectivity index (χ4v) is 1.29. The van der Waals surface area contributed by atoms with Crippen LogP contribution in [0.5, 0.6) is 0 Å². The quantitative estimate of drug-likeness (QED) is 0.442. The van der Waals surface area contributed by atoms with Crippen molar-refractivity contribution in [3.8, 4) is 0 Å².